The Morgan fingerprint density at radius 1 is 1.50 bits per heavy atom. The Labute approximate surface area is 98.0 Å². The minimum atomic E-state index is -1.03. The van der Waals surface area contributed by atoms with Crippen molar-refractivity contribution >= 4 is 23.5 Å². The molecule has 0 aliphatic rings. The molecule has 1 rings (SSSR count). The maximum absolute atomic E-state index is 10.8. The molecular formula is C11H12ClNO3. The Morgan fingerprint density at radius 2 is 2.12 bits per heavy atom. The van der Waals surface area contributed by atoms with Gasteiger partial charge in [-0.3, -0.25) is 4.79 Å². The van der Waals surface area contributed by atoms with Gasteiger partial charge < -0.3 is 10.8 Å². The highest BCUT2D eigenvalue weighted by Crippen LogP contribution is 2.27. The maximum atomic E-state index is 10.8. The average molecular weight is 242 g/mol. The van der Waals surface area contributed by atoms with Crippen molar-refractivity contribution < 1.29 is 14.7 Å². The molecule has 1 amide bonds. The summed E-state index contributed by atoms with van der Waals surface area (Å²) in [6, 6.07) is 4.44. The van der Waals surface area contributed by atoms with E-state index in [0.717, 1.165) is 5.56 Å². The molecule has 0 aliphatic carbocycles. The van der Waals surface area contributed by atoms with Crippen LogP contribution < -0.4 is 5.73 Å². The number of carboxylic acid groups (broad SMARTS) is 1. The van der Waals surface area contributed by atoms with E-state index in [-0.39, 0.29) is 17.9 Å². The first-order valence-electron chi connectivity index (χ1n) is 4.73. The zero-order valence-electron chi connectivity index (χ0n) is 8.74. The van der Waals surface area contributed by atoms with Crippen molar-refractivity contribution in [3.63, 3.8) is 0 Å². The lowest BCUT2D eigenvalue weighted by atomic mass is 9.96. The van der Waals surface area contributed by atoms with Crippen LogP contribution >= 0.6 is 11.6 Å². The Kier molecular flexibility index (Phi) is 3.90. The fraction of sp³-hybridized carbons (Fsp3) is 0.273. The van der Waals surface area contributed by atoms with E-state index >= 15 is 0 Å². The number of aromatic carboxylic acids is 1. The summed E-state index contributed by atoms with van der Waals surface area (Å²) in [4.78, 5) is 21.4. The third kappa shape index (κ3) is 2.97. The minimum absolute atomic E-state index is 0.118. The second-order valence-electron chi connectivity index (χ2n) is 3.61. The Hall–Kier alpha value is -1.55. The molecule has 0 aliphatic heterocycles. The van der Waals surface area contributed by atoms with Crippen molar-refractivity contribution in [2.45, 2.75) is 19.3 Å². The second-order valence-corrected chi connectivity index (χ2v) is 4.02. The van der Waals surface area contributed by atoms with Crippen LogP contribution in [0.5, 0.6) is 0 Å². The van der Waals surface area contributed by atoms with Crippen LogP contribution in [0.15, 0.2) is 18.2 Å². The Morgan fingerprint density at radius 3 is 2.56 bits per heavy atom. The molecule has 0 saturated carbocycles. The topological polar surface area (TPSA) is 80.4 Å². The first-order valence-corrected chi connectivity index (χ1v) is 5.10. The summed E-state index contributed by atoms with van der Waals surface area (Å²) >= 11 is 5.94. The van der Waals surface area contributed by atoms with Gasteiger partial charge in [0.2, 0.25) is 5.91 Å². The highest BCUT2D eigenvalue weighted by molar-refractivity contribution is 6.31. The molecule has 3 N–H and O–H groups in total. The number of halogens is 1. The Bertz CT molecular complexity index is 431. The fourth-order valence-corrected chi connectivity index (χ4v) is 1.84. The van der Waals surface area contributed by atoms with Gasteiger partial charge in [0.1, 0.15) is 0 Å². The number of amides is 1. The number of carboxylic acids is 1. The van der Waals surface area contributed by atoms with Crippen LogP contribution in [0.25, 0.3) is 0 Å². The monoisotopic (exact) mass is 241 g/mol. The smallest absolute Gasteiger partial charge is 0.335 e. The lowest BCUT2D eigenvalue weighted by Crippen LogP contribution is -2.14. The van der Waals surface area contributed by atoms with Gasteiger partial charge in [-0.05, 0) is 23.6 Å². The molecule has 0 spiro atoms. The van der Waals surface area contributed by atoms with Crippen LogP contribution in [-0.4, -0.2) is 17.0 Å². The van der Waals surface area contributed by atoms with Gasteiger partial charge in [-0.2, -0.15) is 0 Å². The van der Waals surface area contributed by atoms with Gasteiger partial charge in [0, 0.05) is 11.4 Å². The van der Waals surface area contributed by atoms with Gasteiger partial charge in [0.25, 0.3) is 0 Å². The summed E-state index contributed by atoms with van der Waals surface area (Å²) in [5.41, 5.74) is 5.94. The molecule has 0 saturated heterocycles. The number of hydrogen-bond donors (Lipinski definition) is 2. The number of carbonyl (C=O) groups excluding carboxylic acids is 1. The fourth-order valence-electron chi connectivity index (χ4n) is 1.47. The molecule has 1 aromatic carbocycles. The van der Waals surface area contributed by atoms with Crippen LogP contribution in [0.3, 0.4) is 0 Å². The summed E-state index contributed by atoms with van der Waals surface area (Å²) in [7, 11) is 0. The molecule has 0 radical (unpaired) electrons. The van der Waals surface area contributed by atoms with E-state index in [1.165, 1.54) is 12.1 Å². The standard InChI is InChI=1S/C11H12ClNO3/c1-6(4-10(13)14)8-3-2-7(11(15)16)5-9(8)12/h2-3,5-6H,4H2,1H3,(H2,13,14)(H,15,16). The lowest BCUT2D eigenvalue weighted by Gasteiger charge is -2.12. The molecule has 86 valence electrons. The molecule has 1 unspecified atom stereocenters. The van der Waals surface area contributed by atoms with Gasteiger partial charge in [0.15, 0.2) is 0 Å². The zero-order chi connectivity index (χ0) is 12.3. The second kappa shape index (κ2) is 4.99. The summed E-state index contributed by atoms with van der Waals surface area (Å²) in [5.74, 6) is -1.56. The number of carbonyl (C=O) groups is 2. The average Bonchev–Trinajstić information content (AvgIpc) is 2.15. The first-order chi connectivity index (χ1) is 7.41. The molecule has 0 bridgehead atoms. The van der Waals surface area contributed by atoms with Crippen LogP contribution in [0.1, 0.15) is 35.2 Å². The lowest BCUT2D eigenvalue weighted by molar-refractivity contribution is -0.118. The molecule has 0 aromatic heterocycles. The van der Waals surface area contributed by atoms with E-state index in [2.05, 4.69) is 0 Å². The minimum Gasteiger partial charge on any atom is -0.478 e. The van der Waals surface area contributed by atoms with Crippen LogP contribution in [-0.2, 0) is 4.79 Å². The molecule has 1 atom stereocenters. The molecule has 16 heavy (non-hydrogen) atoms. The van der Waals surface area contributed by atoms with Gasteiger partial charge in [0.05, 0.1) is 5.56 Å². The van der Waals surface area contributed by atoms with Crippen molar-refractivity contribution in [3.05, 3.63) is 34.3 Å². The van der Waals surface area contributed by atoms with Gasteiger partial charge >= 0.3 is 5.97 Å². The third-order valence-electron chi connectivity index (χ3n) is 2.29. The molecular weight excluding hydrogens is 230 g/mol. The molecule has 0 fully saturated rings. The summed E-state index contributed by atoms with van der Waals surface area (Å²) in [5, 5.41) is 9.09. The highest BCUT2D eigenvalue weighted by Gasteiger charge is 2.14. The molecule has 5 heteroatoms. The van der Waals surface area contributed by atoms with Crippen molar-refractivity contribution in [3.8, 4) is 0 Å². The number of primary amides is 1. The number of rotatable bonds is 4. The predicted molar refractivity (Wildman–Crippen MR) is 60.6 cm³/mol. The number of benzene rings is 1. The van der Waals surface area contributed by atoms with Crippen molar-refractivity contribution in [1.82, 2.24) is 0 Å². The number of hydrogen-bond acceptors (Lipinski definition) is 2. The van der Waals surface area contributed by atoms with Crippen LogP contribution in [0.4, 0.5) is 0 Å². The van der Waals surface area contributed by atoms with Gasteiger partial charge in [-0.15, -0.1) is 0 Å². The van der Waals surface area contributed by atoms with E-state index in [0.29, 0.717) is 5.02 Å². The molecule has 0 heterocycles. The normalized spacial score (nSPS) is 12.1. The summed E-state index contributed by atoms with van der Waals surface area (Å²) in [6.07, 6.45) is 0.187. The number of nitrogens with two attached hydrogens (primary N) is 1. The van der Waals surface area contributed by atoms with E-state index in [1.54, 1.807) is 6.07 Å². The molecule has 1 aromatic rings. The van der Waals surface area contributed by atoms with Crippen LogP contribution in [0, 0.1) is 0 Å². The van der Waals surface area contributed by atoms with Crippen molar-refractivity contribution in [2.75, 3.05) is 0 Å². The van der Waals surface area contributed by atoms with Crippen molar-refractivity contribution in [2.24, 2.45) is 5.73 Å². The summed E-state index contributed by atoms with van der Waals surface area (Å²) in [6.45, 7) is 1.81. The SMILES string of the molecule is CC(CC(N)=O)c1ccc(C(=O)O)cc1Cl. The molecule has 4 nitrogen and oxygen atoms in total. The zero-order valence-corrected chi connectivity index (χ0v) is 9.49. The van der Waals surface area contributed by atoms with Gasteiger partial charge in [-0.25, -0.2) is 4.79 Å². The van der Waals surface area contributed by atoms with E-state index < -0.39 is 11.9 Å². The maximum Gasteiger partial charge on any atom is 0.335 e. The van der Waals surface area contributed by atoms with Gasteiger partial charge in [-0.1, -0.05) is 24.6 Å². The summed E-state index contributed by atoms with van der Waals surface area (Å²) < 4.78 is 0. The van der Waals surface area contributed by atoms with E-state index in [4.69, 9.17) is 22.4 Å². The first kappa shape index (κ1) is 12.5. The van der Waals surface area contributed by atoms with E-state index in [9.17, 15) is 9.59 Å². The largest absolute Gasteiger partial charge is 0.478 e. The predicted octanol–water partition coefficient (Wildman–Crippen LogP) is 2.02. The third-order valence-corrected chi connectivity index (χ3v) is 2.61. The van der Waals surface area contributed by atoms with Crippen molar-refractivity contribution in [1.29, 1.82) is 0 Å². The quantitative estimate of drug-likeness (QED) is 0.846. The van der Waals surface area contributed by atoms with E-state index in [1.807, 2.05) is 6.92 Å². The van der Waals surface area contributed by atoms with Crippen LogP contribution in [0.2, 0.25) is 5.02 Å². The highest BCUT2D eigenvalue weighted by atomic mass is 35.5. The Balaban J connectivity index is 2.98.